The highest BCUT2D eigenvalue weighted by molar-refractivity contribution is 6.30. The first-order valence-corrected chi connectivity index (χ1v) is 22.1. The molecule has 1 aliphatic carbocycles. The van der Waals surface area contributed by atoms with Gasteiger partial charge in [-0.2, -0.15) is 0 Å². The van der Waals surface area contributed by atoms with E-state index in [1.807, 2.05) is 41.3 Å². The molecule has 6 rings (SSSR count). The van der Waals surface area contributed by atoms with Gasteiger partial charge in [-0.05, 0) is 67.5 Å². The predicted octanol–water partition coefficient (Wildman–Crippen LogP) is 4.17. The third kappa shape index (κ3) is 12.0. The van der Waals surface area contributed by atoms with Gasteiger partial charge in [0, 0.05) is 87.3 Å². The molecule has 0 spiro atoms. The Bertz CT molecular complexity index is 2130. The molecule has 62 heavy (non-hydrogen) atoms. The molecule has 2 aromatic carbocycles. The third-order valence-electron chi connectivity index (χ3n) is 11.7. The fraction of sp³-hybridized carbons (Fsp3) is 0.478. The number of nitrogens with two attached hydrogens (primary N) is 1. The number of benzene rings is 2. The van der Waals surface area contributed by atoms with Gasteiger partial charge in [-0.25, -0.2) is 15.0 Å². The fourth-order valence-corrected chi connectivity index (χ4v) is 8.23. The van der Waals surface area contributed by atoms with Crippen LogP contribution in [0.3, 0.4) is 0 Å². The highest BCUT2D eigenvalue weighted by Gasteiger charge is 2.35. The summed E-state index contributed by atoms with van der Waals surface area (Å²) in [6.07, 6.45) is 4.17. The molecular formula is C46H61ClN10O5. The number of nitrogen functional groups attached to an aromatic ring is 1. The minimum atomic E-state index is -0.574. The van der Waals surface area contributed by atoms with Gasteiger partial charge >= 0.3 is 0 Å². The van der Waals surface area contributed by atoms with E-state index in [2.05, 4.69) is 80.5 Å². The number of pyridine rings is 1. The van der Waals surface area contributed by atoms with E-state index in [4.69, 9.17) is 22.1 Å². The van der Waals surface area contributed by atoms with Gasteiger partial charge in [-0.1, -0.05) is 61.8 Å². The zero-order valence-corrected chi connectivity index (χ0v) is 37.0. The monoisotopic (exact) mass is 868 g/mol. The van der Waals surface area contributed by atoms with Crippen LogP contribution in [0.1, 0.15) is 84.9 Å². The van der Waals surface area contributed by atoms with Gasteiger partial charge in [0.1, 0.15) is 12.1 Å². The van der Waals surface area contributed by atoms with Crippen molar-refractivity contribution in [2.45, 2.75) is 64.5 Å². The van der Waals surface area contributed by atoms with Crippen LogP contribution >= 0.6 is 11.6 Å². The van der Waals surface area contributed by atoms with Crippen molar-refractivity contribution in [3.8, 4) is 11.1 Å². The van der Waals surface area contributed by atoms with Crippen LogP contribution in [-0.4, -0.2) is 132 Å². The Morgan fingerprint density at radius 3 is 2.45 bits per heavy atom. The number of rotatable bonds is 20. The number of halogens is 1. The van der Waals surface area contributed by atoms with Crippen LogP contribution in [-0.2, 0) is 20.7 Å². The van der Waals surface area contributed by atoms with Gasteiger partial charge in [0.15, 0.2) is 5.69 Å². The Morgan fingerprint density at radius 1 is 0.968 bits per heavy atom. The van der Waals surface area contributed by atoms with E-state index in [0.717, 1.165) is 34.5 Å². The van der Waals surface area contributed by atoms with Crippen molar-refractivity contribution in [3.63, 3.8) is 0 Å². The van der Waals surface area contributed by atoms with Crippen molar-refractivity contribution in [2.75, 3.05) is 89.3 Å². The van der Waals surface area contributed by atoms with Gasteiger partial charge in [-0.15, -0.1) is 0 Å². The number of fused-ring (bicyclic) bond motifs is 1. The topological polar surface area (TPSA) is 191 Å². The number of aryl methyl sites for hydroxylation is 1. The Labute approximate surface area is 369 Å². The van der Waals surface area contributed by atoms with E-state index in [9.17, 15) is 19.5 Å². The highest BCUT2D eigenvalue weighted by Crippen LogP contribution is 2.43. The molecule has 2 aliphatic rings. The number of hydrogen-bond acceptors (Lipinski definition) is 12. The highest BCUT2D eigenvalue weighted by atomic mass is 35.5. The summed E-state index contributed by atoms with van der Waals surface area (Å²) < 4.78 is 5.64. The minimum absolute atomic E-state index is 0.0491. The molecule has 16 heteroatoms. The summed E-state index contributed by atoms with van der Waals surface area (Å²) in [5.41, 5.74) is 12.3. The quantitative estimate of drug-likeness (QED) is 0.0799. The maximum Gasteiger partial charge on any atom is 0.272 e. The second kappa shape index (κ2) is 22.2. The van der Waals surface area contributed by atoms with Crippen LogP contribution in [0, 0.1) is 0 Å². The average molecular weight is 870 g/mol. The summed E-state index contributed by atoms with van der Waals surface area (Å²) >= 11 is 6.26. The molecule has 6 N–H and O–H groups in total. The number of carbonyl (C=O) groups excluding carboxylic acids is 3. The van der Waals surface area contributed by atoms with E-state index in [0.29, 0.717) is 81.8 Å². The largest absolute Gasteiger partial charge is 0.397 e. The second-order valence-electron chi connectivity index (χ2n) is 16.3. The fourth-order valence-electron chi connectivity index (χ4n) is 8.10. The first-order chi connectivity index (χ1) is 29.9. The summed E-state index contributed by atoms with van der Waals surface area (Å²) in [5.74, 6) is 0.126. The summed E-state index contributed by atoms with van der Waals surface area (Å²) in [4.78, 5) is 59.4. The first kappa shape index (κ1) is 46.3. The SMILES string of the molecule is CCc1cccc(-c2cnc(C(=O)NCCOCCNCC(=O)NCCN(C[C@@H](C(=O)N3CCN(c4ncnc5c4[C@H](C)C[C@H]5O)CC3)c3ccc(Cl)cc3)C(C)C)c(N)c2)c1. The number of hydrogen-bond donors (Lipinski definition) is 5. The number of nitrogens with one attached hydrogen (secondary N) is 3. The molecule has 3 atom stereocenters. The molecule has 0 radical (unpaired) electrons. The number of aromatic nitrogens is 3. The zero-order valence-electron chi connectivity index (χ0n) is 36.3. The van der Waals surface area contributed by atoms with E-state index in [1.165, 1.54) is 11.9 Å². The molecule has 3 heterocycles. The summed E-state index contributed by atoms with van der Waals surface area (Å²) in [6.45, 7) is 13.7. The maximum atomic E-state index is 14.3. The molecule has 0 bridgehead atoms. The lowest BCUT2D eigenvalue weighted by Crippen LogP contribution is -2.52. The molecule has 1 aliphatic heterocycles. The smallest absolute Gasteiger partial charge is 0.272 e. The molecule has 1 fully saturated rings. The summed E-state index contributed by atoms with van der Waals surface area (Å²) in [5, 5.41) is 20.0. The Morgan fingerprint density at radius 2 is 1.73 bits per heavy atom. The van der Waals surface area contributed by atoms with Crippen LogP contribution in [0.15, 0.2) is 67.1 Å². The lowest BCUT2D eigenvalue weighted by Gasteiger charge is -2.39. The van der Waals surface area contributed by atoms with Crippen molar-refractivity contribution in [2.24, 2.45) is 0 Å². The molecule has 0 unspecified atom stereocenters. The van der Waals surface area contributed by atoms with Crippen molar-refractivity contribution in [1.82, 2.24) is 40.7 Å². The number of aliphatic hydroxyl groups is 1. The molecule has 15 nitrogen and oxygen atoms in total. The molecule has 3 amide bonds. The number of nitrogens with zero attached hydrogens (tertiary/aromatic N) is 6. The van der Waals surface area contributed by atoms with Gasteiger partial charge in [0.25, 0.3) is 5.91 Å². The van der Waals surface area contributed by atoms with Gasteiger partial charge in [-0.3, -0.25) is 19.3 Å². The number of ether oxygens (including phenoxy) is 1. The van der Waals surface area contributed by atoms with Crippen LogP contribution in [0.25, 0.3) is 11.1 Å². The van der Waals surface area contributed by atoms with Gasteiger partial charge < -0.3 is 41.3 Å². The normalized spacial score (nSPS) is 16.7. The molecule has 332 valence electrons. The Balaban J connectivity index is 0.901. The average Bonchev–Trinajstić information content (AvgIpc) is 3.58. The number of carbonyl (C=O) groups is 3. The Kier molecular flexibility index (Phi) is 16.6. The molecule has 4 aromatic rings. The lowest BCUT2D eigenvalue weighted by atomic mass is 9.95. The lowest BCUT2D eigenvalue weighted by molar-refractivity contribution is -0.133. The van der Waals surface area contributed by atoms with Crippen molar-refractivity contribution in [1.29, 1.82) is 0 Å². The van der Waals surface area contributed by atoms with E-state index >= 15 is 0 Å². The molecule has 2 aromatic heterocycles. The Hall–Kier alpha value is -5.19. The number of amides is 3. The van der Waals surface area contributed by atoms with Gasteiger partial charge in [0.2, 0.25) is 11.8 Å². The van der Waals surface area contributed by atoms with Crippen LogP contribution in [0.2, 0.25) is 5.02 Å². The molecule has 1 saturated heterocycles. The summed E-state index contributed by atoms with van der Waals surface area (Å²) in [7, 11) is 0. The van der Waals surface area contributed by atoms with Crippen molar-refractivity contribution in [3.05, 3.63) is 100 Å². The minimum Gasteiger partial charge on any atom is -0.397 e. The van der Waals surface area contributed by atoms with E-state index < -0.39 is 12.0 Å². The van der Waals surface area contributed by atoms with Gasteiger partial charge in [0.05, 0.1) is 43.2 Å². The second-order valence-corrected chi connectivity index (χ2v) is 16.7. The zero-order chi connectivity index (χ0) is 44.2. The maximum absolute atomic E-state index is 14.3. The van der Waals surface area contributed by atoms with E-state index in [-0.39, 0.29) is 55.1 Å². The number of piperazine rings is 1. The van der Waals surface area contributed by atoms with Crippen LogP contribution in [0.5, 0.6) is 0 Å². The number of anilines is 2. The van der Waals surface area contributed by atoms with Crippen molar-refractivity contribution >= 4 is 40.8 Å². The van der Waals surface area contributed by atoms with E-state index in [1.54, 1.807) is 12.3 Å². The standard InChI is InChI=1S/C46H61ClN10O5/c1-5-32-7-6-8-34(24-32)35-25-38(48)42(52-26-35)45(60)51-15-22-62-21-14-49-27-40(59)50-13-16-57(30(2)3)28-37(33-9-11-36(47)12-10-33)46(61)56-19-17-55(18-20-56)44-41-31(4)23-39(58)43(41)53-29-54-44/h6-12,24-26,29-31,37,39,49,58H,5,13-23,27-28,48H2,1-4H3,(H,50,59)(H,51,60)/t31-,37-,39-/m1/s1. The predicted molar refractivity (Wildman–Crippen MR) is 242 cm³/mol. The molecular weight excluding hydrogens is 808 g/mol. The van der Waals surface area contributed by atoms with Crippen molar-refractivity contribution < 1.29 is 24.2 Å². The van der Waals surface area contributed by atoms with Crippen LogP contribution in [0.4, 0.5) is 11.5 Å². The molecule has 0 saturated carbocycles. The first-order valence-electron chi connectivity index (χ1n) is 21.7. The summed E-state index contributed by atoms with van der Waals surface area (Å²) in [6, 6.07) is 17.5. The number of aliphatic hydroxyl groups excluding tert-OH is 1. The third-order valence-corrected chi connectivity index (χ3v) is 11.9. The van der Waals surface area contributed by atoms with Crippen LogP contribution < -0.4 is 26.6 Å².